The first kappa shape index (κ1) is 16.8. The van der Waals surface area contributed by atoms with Gasteiger partial charge in [0.1, 0.15) is 11.6 Å². The summed E-state index contributed by atoms with van der Waals surface area (Å²) in [6.45, 7) is 2.08. The van der Waals surface area contributed by atoms with Crippen molar-refractivity contribution in [3.8, 4) is 0 Å². The third kappa shape index (κ3) is 3.74. The zero-order chi connectivity index (χ0) is 18.0. The molecule has 0 amide bonds. The molecule has 0 unspecified atom stereocenters. The van der Waals surface area contributed by atoms with E-state index in [0.29, 0.717) is 34.4 Å². The molecule has 128 valence electrons. The van der Waals surface area contributed by atoms with Gasteiger partial charge in [0.05, 0.1) is 11.9 Å². The average molecular weight is 342 g/mol. The van der Waals surface area contributed by atoms with Crippen molar-refractivity contribution in [1.29, 1.82) is 0 Å². The van der Waals surface area contributed by atoms with Crippen molar-refractivity contribution < 1.29 is 18.7 Å². The number of aromatic nitrogens is 1. The van der Waals surface area contributed by atoms with Crippen LogP contribution in [0.2, 0.25) is 0 Å². The molecule has 6 heteroatoms. The first-order chi connectivity index (χ1) is 11.9. The van der Waals surface area contributed by atoms with E-state index in [0.717, 1.165) is 5.56 Å². The van der Waals surface area contributed by atoms with Crippen LogP contribution in [0, 0.1) is 18.6 Å². The average Bonchev–Trinajstić information content (AvgIpc) is 2.56. The number of anilines is 1. The lowest BCUT2D eigenvalue weighted by Crippen LogP contribution is -2.10. The van der Waals surface area contributed by atoms with Crippen molar-refractivity contribution in [3.05, 3.63) is 70.9 Å². The van der Waals surface area contributed by atoms with Crippen molar-refractivity contribution in [2.75, 3.05) is 5.32 Å². The number of aryl methyl sites for hydroxylation is 1. The highest BCUT2D eigenvalue weighted by molar-refractivity contribution is 5.94. The van der Waals surface area contributed by atoms with Crippen molar-refractivity contribution in [2.24, 2.45) is 0 Å². The predicted octanol–water partition coefficient (Wildman–Crippen LogP) is 4.06. The fourth-order valence-corrected chi connectivity index (χ4v) is 2.76. The maximum atomic E-state index is 13.7. The number of nitrogens with one attached hydrogen (secondary N) is 1. The van der Waals surface area contributed by atoms with Gasteiger partial charge in [-0.05, 0) is 42.8 Å². The summed E-state index contributed by atoms with van der Waals surface area (Å²) < 4.78 is 26.7. The number of carboxylic acid groups (broad SMARTS) is 1. The number of hydrogen-bond acceptors (Lipinski definition) is 3. The Hall–Kier alpha value is -3.02. The third-order valence-corrected chi connectivity index (χ3v) is 3.97. The van der Waals surface area contributed by atoms with Crippen LogP contribution in [-0.2, 0) is 17.8 Å². The fraction of sp³-hybridized carbons (Fsp3) is 0.158. The molecule has 0 aliphatic heterocycles. The number of aliphatic carboxylic acids is 1. The Bertz CT molecular complexity index is 940. The second-order valence-electron chi connectivity index (χ2n) is 5.76. The Morgan fingerprint density at radius 1 is 1.12 bits per heavy atom. The van der Waals surface area contributed by atoms with Crippen molar-refractivity contribution in [3.63, 3.8) is 0 Å². The second-order valence-corrected chi connectivity index (χ2v) is 5.76. The van der Waals surface area contributed by atoms with Gasteiger partial charge >= 0.3 is 5.97 Å². The maximum Gasteiger partial charge on any atom is 0.307 e. The molecular formula is C19H16F2N2O2. The molecule has 0 saturated heterocycles. The smallest absolute Gasteiger partial charge is 0.307 e. The van der Waals surface area contributed by atoms with Gasteiger partial charge in [0.2, 0.25) is 0 Å². The molecule has 0 aliphatic rings. The van der Waals surface area contributed by atoms with Crippen LogP contribution in [0.15, 0.2) is 42.5 Å². The van der Waals surface area contributed by atoms with Crippen LogP contribution in [0.4, 0.5) is 14.5 Å². The molecule has 0 atom stereocenters. The Balaban J connectivity index is 2.06. The SMILES string of the molecule is Cc1nc2ccc(F)cc2c(NCc2ccc(F)cc2)c1CC(=O)O. The number of carboxylic acids is 1. The standard InChI is InChI=1S/C19H16F2N2O2/c1-11-15(9-18(24)25)19(16-8-14(21)6-7-17(16)23-11)22-10-12-2-4-13(20)5-3-12/h2-8H,9-10H2,1H3,(H,22,23)(H,24,25). The van der Waals surface area contributed by atoms with E-state index in [1.54, 1.807) is 25.1 Å². The van der Waals surface area contributed by atoms with Crippen LogP contribution in [0.1, 0.15) is 16.8 Å². The van der Waals surface area contributed by atoms with Gasteiger partial charge in [-0.3, -0.25) is 9.78 Å². The van der Waals surface area contributed by atoms with E-state index in [4.69, 9.17) is 0 Å². The number of benzene rings is 2. The number of nitrogens with zero attached hydrogens (tertiary/aromatic N) is 1. The highest BCUT2D eigenvalue weighted by Gasteiger charge is 2.16. The lowest BCUT2D eigenvalue weighted by atomic mass is 10.0. The highest BCUT2D eigenvalue weighted by Crippen LogP contribution is 2.30. The van der Waals surface area contributed by atoms with Gasteiger partial charge in [-0.2, -0.15) is 0 Å². The van der Waals surface area contributed by atoms with Gasteiger partial charge in [0, 0.05) is 28.9 Å². The van der Waals surface area contributed by atoms with Crippen LogP contribution < -0.4 is 5.32 Å². The maximum absolute atomic E-state index is 13.7. The summed E-state index contributed by atoms with van der Waals surface area (Å²) in [6.07, 6.45) is -0.225. The van der Waals surface area contributed by atoms with Crippen molar-refractivity contribution >= 4 is 22.6 Å². The Morgan fingerprint density at radius 3 is 2.48 bits per heavy atom. The second kappa shape index (κ2) is 6.84. The van der Waals surface area contributed by atoms with Gasteiger partial charge in [0.15, 0.2) is 0 Å². The predicted molar refractivity (Wildman–Crippen MR) is 91.5 cm³/mol. The largest absolute Gasteiger partial charge is 0.481 e. The molecular weight excluding hydrogens is 326 g/mol. The van der Waals surface area contributed by atoms with Crippen LogP contribution in [0.5, 0.6) is 0 Å². The van der Waals surface area contributed by atoms with Gasteiger partial charge in [-0.25, -0.2) is 8.78 Å². The Kier molecular flexibility index (Phi) is 4.61. The van der Waals surface area contributed by atoms with E-state index < -0.39 is 11.8 Å². The first-order valence-corrected chi connectivity index (χ1v) is 7.73. The molecule has 0 fully saturated rings. The summed E-state index contributed by atoms with van der Waals surface area (Å²) in [5.74, 6) is -1.75. The molecule has 3 rings (SSSR count). The van der Waals surface area contributed by atoms with E-state index in [-0.39, 0.29) is 12.2 Å². The molecule has 2 aromatic carbocycles. The summed E-state index contributed by atoms with van der Waals surface area (Å²) in [5.41, 5.74) is 3.01. The lowest BCUT2D eigenvalue weighted by molar-refractivity contribution is -0.136. The van der Waals surface area contributed by atoms with E-state index in [1.165, 1.54) is 24.3 Å². The molecule has 0 saturated carbocycles. The van der Waals surface area contributed by atoms with Crippen LogP contribution >= 0.6 is 0 Å². The van der Waals surface area contributed by atoms with Gasteiger partial charge in [0.25, 0.3) is 0 Å². The number of hydrogen-bond donors (Lipinski definition) is 2. The summed E-state index contributed by atoms with van der Waals surface area (Å²) in [4.78, 5) is 15.6. The normalized spacial score (nSPS) is 10.8. The van der Waals surface area contributed by atoms with Crippen molar-refractivity contribution in [1.82, 2.24) is 4.98 Å². The zero-order valence-electron chi connectivity index (χ0n) is 13.5. The minimum absolute atomic E-state index is 0.225. The number of halogens is 2. The topological polar surface area (TPSA) is 62.2 Å². The minimum atomic E-state index is -0.995. The number of fused-ring (bicyclic) bond motifs is 1. The van der Waals surface area contributed by atoms with E-state index in [2.05, 4.69) is 10.3 Å². The molecule has 0 radical (unpaired) electrons. The fourth-order valence-electron chi connectivity index (χ4n) is 2.76. The summed E-state index contributed by atoms with van der Waals surface area (Å²) >= 11 is 0. The Morgan fingerprint density at radius 2 is 1.80 bits per heavy atom. The quantitative estimate of drug-likeness (QED) is 0.734. The van der Waals surface area contributed by atoms with E-state index in [9.17, 15) is 18.7 Å². The van der Waals surface area contributed by atoms with Gasteiger partial charge in [-0.1, -0.05) is 12.1 Å². The first-order valence-electron chi connectivity index (χ1n) is 7.73. The highest BCUT2D eigenvalue weighted by atomic mass is 19.1. The molecule has 1 aromatic heterocycles. The summed E-state index contributed by atoms with van der Waals surface area (Å²) in [7, 11) is 0. The molecule has 0 bridgehead atoms. The molecule has 4 nitrogen and oxygen atoms in total. The number of pyridine rings is 1. The van der Waals surface area contributed by atoms with Gasteiger partial charge < -0.3 is 10.4 Å². The van der Waals surface area contributed by atoms with E-state index in [1.807, 2.05) is 0 Å². The lowest BCUT2D eigenvalue weighted by Gasteiger charge is -2.16. The molecule has 0 spiro atoms. The molecule has 0 aliphatic carbocycles. The molecule has 1 heterocycles. The minimum Gasteiger partial charge on any atom is -0.481 e. The number of carbonyl (C=O) groups is 1. The van der Waals surface area contributed by atoms with E-state index >= 15 is 0 Å². The Labute approximate surface area is 143 Å². The zero-order valence-corrected chi connectivity index (χ0v) is 13.5. The van der Waals surface area contributed by atoms with Crippen molar-refractivity contribution in [2.45, 2.75) is 19.9 Å². The monoisotopic (exact) mass is 342 g/mol. The van der Waals surface area contributed by atoms with Crippen LogP contribution in [0.3, 0.4) is 0 Å². The summed E-state index contributed by atoms with van der Waals surface area (Å²) in [5, 5.41) is 12.9. The third-order valence-electron chi connectivity index (χ3n) is 3.97. The molecule has 2 N–H and O–H groups in total. The summed E-state index contributed by atoms with van der Waals surface area (Å²) in [6, 6.07) is 10.2. The molecule has 25 heavy (non-hydrogen) atoms. The molecule has 3 aromatic rings. The van der Waals surface area contributed by atoms with Gasteiger partial charge in [-0.15, -0.1) is 0 Å². The van der Waals surface area contributed by atoms with Crippen LogP contribution in [-0.4, -0.2) is 16.1 Å². The number of rotatable bonds is 5. The van der Waals surface area contributed by atoms with Crippen LogP contribution in [0.25, 0.3) is 10.9 Å².